The number of thioether (sulfide) groups is 1. The van der Waals surface area contributed by atoms with Gasteiger partial charge in [0.15, 0.2) is 11.5 Å². The fourth-order valence-corrected chi connectivity index (χ4v) is 5.49. The van der Waals surface area contributed by atoms with Crippen LogP contribution >= 0.6 is 11.8 Å². The number of piperazine rings is 1. The molecule has 0 radical (unpaired) electrons. The van der Waals surface area contributed by atoms with Gasteiger partial charge in [0.25, 0.3) is 0 Å². The van der Waals surface area contributed by atoms with Gasteiger partial charge in [0.1, 0.15) is 0 Å². The molecule has 0 spiro atoms. The molecule has 1 amide bonds. The van der Waals surface area contributed by atoms with Crippen LogP contribution in [0.4, 0.5) is 0 Å². The summed E-state index contributed by atoms with van der Waals surface area (Å²) in [6.07, 6.45) is 0.766. The number of sulfonamides is 1. The van der Waals surface area contributed by atoms with E-state index in [2.05, 4.69) is 13.8 Å². The zero-order chi connectivity index (χ0) is 20.1. The Kier molecular flexibility index (Phi) is 7.11. The van der Waals surface area contributed by atoms with Gasteiger partial charge >= 0.3 is 0 Å². The molecule has 1 saturated heterocycles. The molecule has 0 saturated carbocycles. The lowest BCUT2D eigenvalue weighted by atomic mass is 10.3. The second-order valence-electron chi connectivity index (χ2n) is 7.35. The van der Waals surface area contributed by atoms with Crippen molar-refractivity contribution in [2.75, 3.05) is 50.9 Å². The maximum Gasteiger partial charge on any atom is 0.243 e. The molecule has 9 heteroatoms. The van der Waals surface area contributed by atoms with Crippen molar-refractivity contribution in [3.63, 3.8) is 0 Å². The number of hydrogen-bond acceptors (Lipinski definition) is 6. The fraction of sp³-hybridized carbons (Fsp3) is 0.632. The number of ether oxygens (including phenoxy) is 2. The van der Waals surface area contributed by atoms with Crippen LogP contribution in [-0.4, -0.2) is 74.4 Å². The first-order chi connectivity index (χ1) is 13.4. The normalized spacial score (nSPS) is 18.2. The van der Waals surface area contributed by atoms with Gasteiger partial charge in [-0.05, 0) is 23.8 Å². The predicted molar refractivity (Wildman–Crippen MR) is 110 cm³/mol. The van der Waals surface area contributed by atoms with E-state index in [1.165, 1.54) is 10.4 Å². The Morgan fingerprint density at radius 2 is 1.79 bits per heavy atom. The number of carbonyl (C=O) groups is 1. The number of carbonyl (C=O) groups excluding carboxylic acids is 1. The van der Waals surface area contributed by atoms with Crippen molar-refractivity contribution in [1.29, 1.82) is 0 Å². The minimum Gasteiger partial charge on any atom is -0.490 e. The van der Waals surface area contributed by atoms with E-state index in [1.54, 1.807) is 28.8 Å². The summed E-state index contributed by atoms with van der Waals surface area (Å²) in [5, 5.41) is 0. The lowest BCUT2D eigenvalue weighted by molar-refractivity contribution is -0.129. The summed E-state index contributed by atoms with van der Waals surface area (Å²) in [5.41, 5.74) is 0. The lowest BCUT2D eigenvalue weighted by Crippen LogP contribution is -2.51. The van der Waals surface area contributed by atoms with Crippen LogP contribution in [0.1, 0.15) is 20.3 Å². The van der Waals surface area contributed by atoms with Crippen LogP contribution in [-0.2, 0) is 14.8 Å². The summed E-state index contributed by atoms with van der Waals surface area (Å²) in [6.45, 7) is 6.77. The number of benzene rings is 1. The molecule has 0 atom stereocenters. The van der Waals surface area contributed by atoms with E-state index in [0.717, 1.165) is 12.2 Å². The molecule has 28 heavy (non-hydrogen) atoms. The minimum absolute atomic E-state index is 0.0817. The van der Waals surface area contributed by atoms with Crippen molar-refractivity contribution in [1.82, 2.24) is 9.21 Å². The van der Waals surface area contributed by atoms with E-state index in [1.807, 2.05) is 0 Å². The van der Waals surface area contributed by atoms with Gasteiger partial charge in [-0.3, -0.25) is 4.79 Å². The third kappa shape index (κ3) is 5.12. The standard InChI is InChI=1S/C19H28N2O5S2/c1-15(2)13-27-14-19(22)20-6-8-21(9-7-20)28(23,24)16-4-5-17-18(12-16)26-11-3-10-25-17/h4-5,12,15H,3,6-11,13-14H2,1-2H3. The second-order valence-corrected chi connectivity index (χ2v) is 10.3. The lowest BCUT2D eigenvalue weighted by Gasteiger charge is -2.34. The first-order valence-electron chi connectivity index (χ1n) is 9.63. The van der Waals surface area contributed by atoms with E-state index in [-0.39, 0.29) is 10.8 Å². The summed E-state index contributed by atoms with van der Waals surface area (Å²) in [5.74, 6) is 3.07. The van der Waals surface area contributed by atoms with Gasteiger partial charge < -0.3 is 14.4 Å². The average Bonchev–Trinajstić information content (AvgIpc) is 2.92. The number of fused-ring (bicyclic) bond motifs is 1. The Morgan fingerprint density at radius 1 is 1.11 bits per heavy atom. The molecule has 0 unspecified atom stereocenters. The molecule has 0 N–H and O–H groups in total. The molecule has 3 rings (SSSR count). The largest absolute Gasteiger partial charge is 0.490 e. The zero-order valence-electron chi connectivity index (χ0n) is 16.4. The van der Waals surface area contributed by atoms with Crippen molar-refractivity contribution >= 4 is 27.7 Å². The van der Waals surface area contributed by atoms with Crippen LogP contribution in [0.3, 0.4) is 0 Å². The molecule has 2 aliphatic rings. The number of hydrogen-bond donors (Lipinski definition) is 0. The zero-order valence-corrected chi connectivity index (χ0v) is 18.1. The van der Waals surface area contributed by atoms with Crippen LogP contribution in [0, 0.1) is 5.92 Å². The van der Waals surface area contributed by atoms with Crippen molar-refractivity contribution in [2.45, 2.75) is 25.2 Å². The molecule has 0 aromatic heterocycles. The van der Waals surface area contributed by atoms with Gasteiger partial charge in [0.05, 0.1) is 23.9 Å². The van der Waals surface area contributed by atoms with Crippen LogP contribution in [0.2, 0.25) is 0 Å². The van der Waals surface area contributed by atoms with Gasteiger partial charge in [-0.15, -0.1) is 0 Å². The minimum atomic E-state index is -3.63. The molecule has 2 heterocycles. The maximum atomic E-state index is 13.0. The van der Waals surface area contributed by atoms with Gasteiger partial charge in [-0.25, -0.2) is 8.42 Å². The number of nitrogens with zero attached hydrogens (tertiary/aromatic N) is 2. The molecule has 0 aliphatic carbocycles. The van der Waals surface area contributed by atoms with Gasteiger partial charge in [0.2, 0.25) is 15.9 Å². The van der Waals surface area contributed by atoms with E-state index in [4.69, 9.17) is 9.47 Å². The molecule has 1 fully saturated rings. The Bertz CT molecular complexity index is 790. The molecular weight excluding hydrogens is 400 g/mol. The average molecular weight is 429 g/mol. The Morgan fingerprint density at radius 3 is 2.46 bits per heavy atom. The van der Waals surface area contributed by atoms with Crippen LogP contribution < -0.4 is 9.47 Å². The highest BCUT2D eigenvalue weighted by atomic mass is 32.2. The third-order valence-electron chi connectivity index (χ3n) is 4.62. The van der Waals surface area contributed by atoms with Crippen LogP contribution in [0.25, 0.3) is 0 Å². The summed E-state index contributed by atoms with van der Waals surface area (Å²) in [7, 11) is -3.63. The topological polar surface area (TPSA) is 76.2 Å². The number of rotatable bonds is 6. The molecule has 2 aliphatic heterocycles. The first kappa shape index (κ1) is 21.3. The summed E-state index contributed by atoms with van der Waals surface area (Å²) in [6, 6.07) is 4.75. The van der Waals surface area contributed by atoms with Gasteiger partial charge in [-0.1, -0.05) is 13.8 Å². The van der Waals surface area contributed by atoms with Crippen molar-refractivity contribution in [3.05, 3.63) is 18.2 Å². The first-order valence-corrected chi connectivity index (χ1v) is 12.2. The highest BCUT2D eigenvalue weighted by molar-refractivity contribution is 7.99. The second kappa shape index (κ2) is 9.37. The van der Waals surface area contributed by atoms with Gasteiger partial charge in [0, 0.05) is 38.7 Å². The Balaban J connectivity index is 1.60. The molecule has 0 bridgehead atoms. The Hall–Kier alpha value is -1.45. The summed E-state index contributed by atoms with van der Waals surface area (Å²) in [4.78, 5) is 14.3. The molecule has 7 nitrogen and oxygen atoms in total. The van der Waals surface area contributed by atoms with Crippen molar-refractivity contribution < 1.29 is 22.7 Å². The SMILES string of the molecule is CC(C)CSCC(=O)N1CCN(S(=O)(=O)c2ccc3c(c2)OCCCO3)CC1. The molecular formula is C19H28N2O5S2. The van der Waals surface area contributed by atoms with Crippen molar-refractivity contribution in [2.24, 2.45) is 5.92 Å². The summed E-state index contributed by atoms with van der Waals surface area (Å²) >= 11 is 1.63. The van der Waals surface area contributed by atoms with E-state index in [0.29, 0.717) is 62.6 Å². The fourth-order valence-electron chi connectivity index (χ4n) is 3.10. The maximum absolute atomic E-state index is 13.0. The van der Waals surface area contributed by atoms with Gasteiger partial charge in [-0.2, -0.15) is 16.1 Å². The van der Waals surface area contributed by atoms with E-state index in [9.17, 15) is 13.2 Å². The predicted octanol–water partition coefficient (Wildman–Crippen LogP) is 2.07. The highest BCUT2D eigenvalue weighted by Crippen LogP contribution is 2.33. The third-order valence-corrected chi connectivity index (χ3v) is 7.87. The molecule has 1 aromatic carbocycles. The van der Waals surface area contributed by atoms with E-state index >= 15 is 0 Å². The highest BCUT2D eigenvalue weighted by Gasteiger charge is 2.31. The Labute approximate surface area is 171 Å². The molecule has 1 aromatic rings. The molecule has 156 valence electrons. The monoisotopic (exact) mass is 428 g/mol. The smallest absolute Gasteiger partial charge is 0.243 e. The van der Waals surface area contributed by atoms with Crippen LogP contribution in [0.5, 0.6) is 11.5 Å². The van der Waals surface area contributed by atoms with Crippen molar-refractivity contribution in [3.8, 4) is 11.5 Å². The van der Waals surface area contributed by atoms with Crippen LogP contribution in [0.15, 0.2) is 23.1 Å². The quantitative estimate of drug-likeness (QED) is 0.690. The number of amides is 1. The summed E-state index contributed by atoms with van der Waals surface area (Å²) < 4.78 is 38.6. The van der Waals surface area contributed by atoms with E-state index < -0.39 is 10.0 Å².